The van der Waals surface area contributed by atoms with Gasteiger partial charge in [0, 0.05) is 30.0 Å². The molecule has 0 aliphatic carbocycles. The maximum absolute atomic E-state index is 13.5. The number of benzene rings is 4. The zero-order chi connectivity index (χ0) is 26.8. The van der Waals surface area contributed by atoms with Crippen LogP contribution in [0, 0.1) is 0 Å². The molecule has 1 amide bonds. The fraction of sp³-hybridized carbons (Fsp3) is 0.188. The number of carbonyl (C=O) groups is 2. The summed E-state index contributed by atoms with van der Waals surface area (Å²) in [5.41, 5.74) is 2.80. The number of ketones is 1. The largest absolute Gasteiger partial charge is 0.507 e. The number of anilines is 2. The Morgan fingerprint density at radius 3 is 2.26 bits per heavy atom. The molecule has 1 heterocycles. The number of hydrogen-bond donors (Lipinski definition) is 1. The van der Waals surface area contributed by atoms with E-state index in [1.54, 1.807) is 25.3 Å². The van der Waals surface area contributed by atoms with Crippen LogP contribution < -0.4 is 14.5 Å². The first-order chi connectivity index (χ1) is 18.5. The summed E-state index contributed by atoms with van der Waals surface area (Å²) < 4.78 is 5.43. The third-order valence-electron chi connectivity index (χ3n) is 7.13. The molecule has 1 aliphatic rings. The standard InChI is InChI=1S/C32H30N2O4/c1-4-33(5-2)25-15-17-26(18-16-25)34-29(23-11-8-12-27(20-23)38-3)28(31(36)32(34)37)30(35)24-14-13-21-9-6-7-10-22(21)19-24/h6-20,29,35H,4-5H2,1-3H3/b30-28-. The lowest BCUT2D eigenvalue weighted by atomic mass is 9.94. The van der Waals surface area contributed by atoms with Gasteiger partial charge in [0.15, 0.2) is 0 Å². The molecule has 6 heteroatoms. The Kier molecular flexibility index (Phi) is 6.88. The van der Waals surface area contributed by atoms with Gasteiger partial charge in [-0.2, -0.15) is 0 Å². The highest BCUT2D eigenvalue weighted by Crippen LogP contribution is 2.43. The van der Waals surface area contributed by atoms with Gasteiger partial charge in [0.2, 0.25) is 0 Å². The lowest BCUT2D eigenvalue weighted by Gasteiger charge is -2.27. The molecule has 0 saturated carbocycles. The van der Waals surface area contributed by atoms with Gasteiger partial charge in [0.25, 0.3) is 11.7 Å². The Morgan fingerprint density at radius 2 is 1.58 bits per heavy atom. The number of aliphatic hydroxyl groups is 1. The van der Waals surface area contributed by atoms with Crippen molar-refractivity contribution in [2.24, 2.45) is 0 Å². The first kappa shape index (κ1) is 25.1. The van der Waals surface area contributed by atoms with Crippen molar-refractivity contribution in [3.8, 4) is 5.75 Å². The molecular formula is C32H30N2O4. The SMILES string of the molecule is CCN(CC)c1ccc(N2C(=O)C(=O)/C(=C(\O)c3ccc4ccccc4c3)C2c2cccc(OC)c2)cc1. The average Bonchev–Trinajstić information content (AvgIpc) is 3.23. The van der Waals surface area contributed by atoms with Gasteiger partial charge < -0.3 is 14.7 Å². The predicted molar refractivity (Wildman–Crippen MR) is 152 cm³/mol. The van der Waals surface area contributed by atoms with Gasteiger partial charge in [-0.05, 0) is 72.6 Å². The van der Waals surface area contributed by atoms with Crippen molar-refractivity contribution in [3.63, 3.8) is 0 Å². The van der Waals surface area contributed by atoms with Crippen LogP contribution >= 0.6 is 0 Å². The molecule has 1 unspecified atom stereocenters. The molecule has 4 aromatic carbocycles. The maximum atomic E-state index is 13.5. The summed E-state index contributed by atoms with van der Waals surface area (Å²) in [6.07, 6.45) is 0. The number of rotatable bonds is 7. The van der Waals surface area contributed by atoms with E-state index in [2.05, 4.69) is 18.7 Å². The summed E-state index contributed by atoms with van der Waals surface area (Å²) in [4.78, 5) is 30.7. The molecule has 6 nitrogen and oxygen atoms in total. The van der Waals surface area contributed by atoms with Gasteiger partial charge in [-0.15, -0.1) is 0 Å². The van der Waals surface area contributed by atoms with Gasteiger partial charge in [-0.1, -0.05) is 48.5 Å². The summed E-state index contributed by atoms with van der Waals surface area (Å²) in [7, 11) is 1.57. The second-order valence-corrected chi connectivity index (χ2v) is 9.20. The third-order valence-corrected chi connectivity index (χ3v) is 7.13. The Labute approximate surface area is 222 Å². The minimum absolute atomic E-state index is 0.0475. The number of Topliss-reactive ketones (excluding diaryl/α,β-unsaturated/α-hetero) is 1. The summed E-state index contributed by atoms with van der Waals surface area (Å²) in [5, 5.41) is 13.5. The van der Waals surface area contributed by atoms with Crippen molar-refractivity contribution in [2.75, 3.05) is 30.0 Å². The molecule has 1 atom stereocenters. The van der Waals surface area contributed by atoms with Crippen molar-refractivity contribution < 1.29 is 19.4 Å². The van der Waals surface area contributed by atoms with E-state index in [9.17, 15) is 14.7 Å². The van der Waals surface area contributed by atoms with Crippen LogP contribution in [0.2, 0.25) is 0 Å². The average molecular weight is 507 g/mol. The molecule has 0 radical (unpaired) electrons. The number of carbonyl (C=O) groups excluding carboxylic acids is 2. The molecule has 1 saturated heterocycles. The van der Waals surface area contributed by atoms with E-state index in [4.69, 9.17) is 4.74 Å². The Hall–Kier alpha value is -4.58. The number of ether oxygens (including phenoxy) is 1. The lowest BCUT2D eigenvalue weighted by Crippen LogP contribution is -2.29. The highest BCUT2D eigenvalue weighted by Gasteiger charge is 2.47. The van der Waals surface area contributed by atoms with Crippen LogP contribution in [0.5, 0.6) is 5.75 Å². The summed E-state index contributed by atoms with van der Waals surface area (Å²) >= 11 is 0. The van der Waals surface area contributed by atoms with Crippen LogP contribution in [0.25, 0.3) is 16.5 Å². The molecule has 0 bridgehead atoms. The van der Waals surface area contributed by atoms with E-state index in [1.165, 1.54) is 4.90 Å². The van der Waals surface area contributed by atoms with Crippen LogP contribution in [0.4, 0.5) is 11.4 Å². The monoisotopic (exact) mass is 506 g/mol. The molecule has 1 fully saturated rings. The van der Waals surface area contributed by atoms with Crippen molar-refractivity contribution in [1.82, 2.24) is 0 Å². The second kappa shape index (κ2) is 10.4. The van der Waals surface area contributed by atoms with Gasteiger partial charge >= 0.3 is 0 Å². The third kappa shape index (κ3) is 4.39. The lowest BCUT2D eigenvalue weighted by molar-refractivity contribution is -0.132. The first-order valence-electron chi connectivity index (χ1n) is 12.8. The fourth-order valence-electron chi connectivity index (χ4n) is 5.13. The molecule has 192 valence electrons. The normalized spacial score (nSPS) is 16.7. The highest BCUT2D eigenvalue weighted by atomic mass is 16.5. The van der Waals surface area contributed by atoms with Crippen molar-refractivity contribution in [1.29, 1.82) is 0 Å². The topological polar surface area (TPSA) is 70.1 Å². The van der Waals surface area contributed by atoms with E-state index >= 15 is 0 Å². The molecular weight excluding hydrogens is 476 g/mol. The molecule has 0 aromatic heterocycles. The summed E-state index contributed by atoms with van der Waals surface area (Å²) in [6, 6.07) is 27.3. The molecule has 5 rings (SSSR count). The number of nitrogens with zero attached hydrogens (tertiary/aromatic N) is 2. The van der Waals surface area contributed by atoms with Crippen LogP contribution in [-0.2, 0) is 9.59 Å². The molecule has 0 spiro atoms. The molecule has 1 N–H and O–H groups in total. The summed E-state index contributed by atoms with van der Waals surface area (Å²) in [5.74, 6) is -1.02. The molecule has 1 aliphatic heterocycles. The van der Waals surface area contributed by atoms with E-state index in [-0.39, 0.29) is 11.3 Å². The van der Waals surface area contributed by atoms with E-state index in [0.29, 0.717) is 22.6 Å². The second-order valence-electron chi connectivity index (χ2n) is 9.20. The Balaban J connectivity index is 1.67. The fourth-order valence-corrected chi connectivity index (χ4v) is 5.13. The van der Waals surface area contributed by atoms with E-state index < -0.39 is 17.7 Å². The van der Waals surface area contributed by atoms with E-state index in [0.717, 1.165) is 29.5 Å². The zero-order valence-electron chi connectivity index (χ0n) is 21.7. The van der Waals surface area contributed by atoms with Crippen LogP contribution in [-0.4, -0.2) is 37.0 Å². The predicted octanol–water partition coefficient (Wildman–Crippen LogP) is 6.32. The first-order valence-corrected chi connectivity index (χ1v) is 12.8. The minimum atomic E-state index is -0.823. The number of hydrogen-bond acceptors (Lipinski definition) is 5. The van der Waals surface area contributed by atoms with Gasteiger partial charge in [-0.3, -0.25) is 14.5 Å². The van der Waals surface area contributed by atoms with Crippen molar-refractivity contribution in [2.45, 2.75) is 19.9 Å². The number of amides is 1. The minimum Gasteiger partial charge on any atom is -0.507 e. The quantitative estimate of drug-likeness (QED) is 0.180. The van der Waals surface area contributed by atoms with Crippen LogP contribution in [0.15, 0.2) is 96.6 Å². The van der Waals surface area contributed by atoms with Gasteiger partial charge in [0.05, 0.1) is 18.7 Å². The van der Waals surface area contributed by atoms with Crippen molar-refractivity contribution >= 4 is 39.6 Å². The van der Waals surface area contributed by atoms with Gasteiger partial charge in [-0.25, -0.2) is 0 Å². The van der Waals surface area contributed by atoms with Gasteiger partial charge in [0.1, 0.15) is 11.5 Å². The molecule has 4 aromatic rings. The van der Waals surface area contributed by atoms with Crippen LogP contribution in [0.1, 0.15) is 31.0 Å². The van der Waals surface area contributed by atoms with Crippen molar-refractivity contribution in [3.05, 3.63) is 108 Å². The summed E-state index contributed by atoms with van der Waals surface area (Å²) in [6.45, 7) is 5.89. The number of fused-ring (bicyclic) bond motifs is 1. The highest BCUT2D eigenvalue weighted by molar-refractivity contribution is 6.51. The number of methoxy groups -OCH3 is 1. The number of aliphatic hydroxyl groups excluding tert-OH is 1. The van der Waals surface area contributed by atoms with Crippen LogP contribution in [0.3, 0.4) is 0 Å². The zero-order valence-corrected chi connectivity index (χ0v) is 21.7. The Morgan fingerprint density at radius 1 is 0.868 bits per heavy atom. The molecule has 38 heavy (non-hydrogen) atoms. The smallest absolute Gasteiger partial charge is 0.300 e. The Bertz CT molecular complexity index is 1540. The maximum Gasteiger partial charge on any atom is 0.300 e. The van der Waals surface area contributed by atoms with E-state index in [1.807, 2.05) is 72.8 Å².